The molecule has 0 amide bonds. The summed E-state index contributed by atoms with van der Waals surface area (Å²) in [5.41, 5.74) is 1.74. The zero-order valence-electron chi connectivity index (χ0n) is 21.3. The van der Waals surface area contributed by atoms with Gasteiger partial charge in [0.25, 0.3) is 5.56 Å². The molecule has 0 radical (unpaired) electrons. The van der Waals surface area contributed by atoms with Crippen molar-refractivity contribution in [2.45, 2.75) is 37.8 Å². The minimum absolute atomic E-state index is 0.0630. The first-order chi connectivity index (χ1) is 18.7. The molecule has 2 fully saturated rings. The van der Waals surface area contributed by atoms with E-state index in [9.17, 15) is 9.90 Å². The Morgan fingerprint density at radius 2 is 1.47 bits per heavy atom. The van der Waals surface area contributed by atoms with Crippen LogP contribution >= 0.6 is 0 Å². The predicted molar refractivity (Wildman–Crippen MR) is 153 cm³/mol. The van der Waals surface area contributed by atoms with Gasteiger partial charge in [-0.2, -0.15) is 0 Å². The summed E-state index contributed by atoms with van der Waals surface area (Å²) in [5, 5.41) is 15.7. The molecule has 7 nitrogen and oxygen atoms in total. The Labute approximate surface area is 221 Å². The molecule has 1 aliphatic carbocycles. The summed E-state index contributed by atoms with van der Waals surface area (Å²) in [6, 6.07) is 20.6. The number of fused-ring (bicyclic) bond motifs is 4. The van der Waals surface area contributed by atoms with Crippen LogP contribution in [0.1, 0.15) is 31.7 Å². The minimum Gasteiger partial charge on any atom is -0.391 e. The third-order valence-corrected chi connectivity index (χ3v) is 8.38. The van der Waals surface area contributed by atoms with Gasteiger partial charge >= 0.3 is 0 Å². The number of rotatable bonds is 3. The number of anilines is 2. The number of pyridine rings is 1. The maximum atomic E-state index is 13.8. The second-order valence-corrected chi connectivity index (χ2v) is 10.6. The van der Waals surface area contributed by atoms with E-state index in [-0.39, 0.29) is 11.6 Å². The molecule has 1 saturated heterocycles. The van der Waals surface area contributed by atoms with E-state index in [0.717, 1.165) is 85.0 Å². The molecule has 5 aromatic rings. The van der Waals surface area contributed by atoms with Crippen LogP contribution in [-0.2, 0) is 0 Å². The molecule has 7 rings (SSSR count). The molecule has 1 saturated carbocycles. The molecular weight excluding hydrogens is 474 g/mol. The second kappa shape index (κ2) is 9.40. The van der Waals surface area contributed by atoms with Crippen molar-refractivity contribution >= 4 is 44.0 Å². The van der Waals surface area contributed by atoms with Gasteiger partial charge in [-0.1, -0.05) is 61.4 Å². The highest BCUT2D eigenvalue weighted by Crippen LogP contribution is 2.34. The number of aliphatic hydroxyl groups excluding tert-OH is 1. The van der Waals surface area contributed by atoms with E-state index in [2.05, 4.69) is 46.2 Å². The molecule has 192 valence electrons. The number of benzene rings is 3. The molecule has 0 unspecified atom stereocenters. The van der Waals surface area contributed by atoms with Crippen LogP contribution in [0, 0.1) is 0 Å². The van der Waals surface area contributed by atoms with Crippen LogP contribution in [0.25, 0.3) is 32.4 Å². The average Bonchev–Trinajstić information content (AvgIpc) is 2.97. The van der Waals surface area contributed by atoms with Gasteiger partial charge in [0.2, 0.25) is 0 Å². The van der Waals surface area contributed by atoms with Gasteiger partial charge in [0.15, 0.2) is 0 Å². The maximum Gasteiger partial charge on any atom is 0.261 e. The smallest absolute Gasteiger partial charge is 0.261 e. The van der Waals surface area contributed by atoms with Crippen molar-refractivity contribution < 1.29 is 5.11 Å². The molecule has 0 bridgehead atoms. The van der Waals surface area contributed by atoms with Crippen LogP contribution in [0.4, 0.5) is 11.5 Å². The Hall–Kier alpha value is -3.97. The van der Waals surface area contributed by atoms with Gasteiger partial charge in [0, 0.05) is 54.2 Å². The lowest BCUT2D eigenvalue weighted by atomic mass is 9.92. The summed E-state index contributed by atoms with van der Waals surface area (Å²) < 4.78 is 1.67. The van der Waals surface area contributed by atoms with Crippen molar-refractivity contribution in [2.24, 2.45) is 0 Å². The first kappa shape index (κ1) is 23.2. The zero-order valence-corrected chi connectivity index (χ0v) is 21.3. The summed E-state index contributed by atoms with van der Waals surface area (Å²) in [5.74, 6) is 1.00. The summed E-state index contributed by atoms with van der Waals surface area (Å²) in [7, 11) is 0. The Bertz CT molecular complexity index is 1710. The Kier molecular flexibility index (Phi) is 5.73. The summed E-state index contributed by atoms with van der Waals surface area (Å²) >= 11 is 0. The monoisotopic (exact) mass is 505 g/mol. The molecule has 2 aliphatic rings. The Morgan fingerprint density at radius 3 is 2.29 bits per heavy atom. The van der Waals surface area contributed by atoms with Gasteiger partial charge in [-0.3, -0.25) is 9.36 Å². The van der Waals surface area contributed by atoms with Gasteiger partial charge < -0.3 is 14.9 Å². The van der Waals surface area contributed by atoms with Crippen LogP contribution in [0.2, 0.25) is 0 Å². The van der Waals surface area contributed by atoms with E-state index in [0.29, 0.717) is 5.39 Å². The van der Waals surface area contributed by atoms with E-state index in [1.165, 1.54) is 5.39 Å². The third-order valence-electron chi connectivity index (χ3n) is 8.38. The first-order valence-electron chi connectivity index (χ1n) is 13.6. The van der Waals surface area contributed by atoms with Gasteiger partial charge in [0.05, 0.1) is 29.4 Å². The topological polar surface area (TPSA) is 74.5 Å². The molecule has 3 aromatic carbocycles. The fourth-order valence-corrected chi connectivity index (χ4v) is 6.29. The lowest BCUT2D eigenvalue weighted by Gasteiger charge is -2.37. The highest BCUT2D eigenvalue weighted by Gasteiger charge is 2.27. The number of hydrogen-bond donors (Lipinski definition) is 1. The van der Waals surface area contributed by atoms with E-state index in [1.54, 1.807) is 10.9 Å². The zero-order chi connectivity index (χ0) is 25.6. The maximum absolute atomic E-state index is 13.8. The van der Waals surface area contributed by atoms with Crippen molar-refractivity contribution in [3.63, 3.8) is 0 Å². The van der Waals surface area contributed by atoms with Crippen molar-refractivity contribution in [3.05, 3.63) is 83.5 Å². The van der Waals surface area contributed by atoms with Crippen molar-refractivity contribution in [3.8, 4) is 0 Å². The number of nitrogens with zero attached hydrogens (tertiary/aromatic N) is 5. The Balaban J connectivity index is 1.24. The van der Waals surface area contributed by atoms with Crippen LogP contribution in [0.5, 0.6) is 0 Å². The molecule has 7 heteroatoms. The second-order valence-electron chi connectivity index (χ2n) is 10.6. The molecule has 3 heterocycles. The lowest BCUT2D eigenvalue weighted by molar-refractivity contribution is 0.0735. The van der Waals surface area contributed by atoms with Gasteiger partial charge in [-0.15, -0.1) is 0 Å². The third kappa shape index (κ3) is 3.89. The van der Waals surface area contributed by atoms with Gasteiger partial charge in [0.1, 0.15) is 5.82 Å². The number of hydrogen-bond acceptors (Lipinski definition) is 6. The summed E-state index contributed by atoms with van der Waals surface area (Å²) in [4.78, 5) is 28.0. The highest BCUT2D eigenvalue weighted by atomic mass is 16.3. The first-order valence-corrected chi connectivity index (χ1v) is 13.6. The standard InChI is InChI=1S/C31H31N5O2/c37-28-12-6-5-11-26(28)36-20-33-30-24-10-4-3-9-23(24)27(18-25(30)31(36)38)34-13-15-35(16-14-34)29-17-21-7-1-2-8-22(21)19-32-29/h1-4,7-10,17-20,26,28,37H,5-6,11-16H2/t26-,28-/m0/s1. The Morgan fingerprint density at radius 1 is 0.763 bits per heavy atom. The summed E-state index contributed by atoms with van der Waals surface area (Å²) in [6.45, 7) is 3.37. The largest absolute Gasteiger partial charge is 0.391 e. The summed E-state index contributed by atoms with van der Waals surface area (Å²) in [6.07, 6.45) is 6.65. The molecule has 2 atom stereocenters. The quantitative estimate of drug-likeness (QED) is 0.352. The van der Waals surface area contributed by atoms with Crippen LogP contribution in [0.15, 0.2) is 78.0 Å². The fraction of sp³-hybridized carbons (Fsp3) is 0.323. The van der Waals surface area contributed by atoms with E-state index in [1.807, 2.05) is 30.5 Å². The van der Waals surface area contributed by atoms with Crippen LogP contribution in [0.3, 0.4) is 0 Å². The van der Waals surface area contributed by atoms with Gasteiger partial charge in [-0.25, -0.2) is 9.97 Å². The number of aromatic nitrogens is 3. The van der Waals surface area contributed by atoms with Crippen molar-refractivity contribution in [1.82, 2.24) is 14.5 Å². The molecule has 0 spiro atoms. The molecule has 1 N–H and O–H groups in total. The van der Waals surface area contributed by atoms with Crippen molar-refractivity contribution in [2.75, 3.05) is 36.0 Å². The number of piperazine rings is 1. The predicted octanol–water partition coefficient (Wildman–Crippen LogP) is 4.90. The molecule has 2 aromatic heterocycles. The molecule has 1 aliphatic heterocycles. The highest BCUT2D eigenvalue weighted by molar-refractivity contribution is 6.11. The number of aliphatic hydroxyl groups is 1. The molecule has 38 heavy (non-hydrogen) atoms. The lowest BCUT2D eigenvalue weighted by Crippen LogP contribution is -2.47. The SMILES string of the molecule is O=c1c2cc(N3CCN(c4cc5ccccc5cn4)CC3)c3ccccc3c2ncn1[C@H]1CCCC[C@@H]1O. The minimum atomic E-state index is -0.502. The fourth-order valence-electron chi connectivity index (χ4n) is 6.29. The molecular formula is C31H31N5O2. The van der Waals surface area contributed by atoms with Gasteiger partial charge in [-0.05, 0) is 30.4 Å². The van der Waals surface area contributed by atoms with E-state index < -0.39 is 6.10 Å². The average molecular weight is 506 g/mol. The van der Waals surface area contributed by atoms with Crippen molar-refractivity contribution in [1.29, 1.82) is 0 Å². The van der Waals surface area contributed by atoms with Crippen LogP contribution < -0.4 is 15.4 Å². The van der Waals surface area contributed by atoms with E-state index >= 15 is 0 Å². The van der Waals surface area contributed by atoms with E-state index in [4.69, 9.17) is 9.97 Å². The normalized spacial score (nSPS) is 20.4. The van der Waals surface area contributed by atoms with Crippen LogP contribution in [-0.4, -0.2) is 51.9 Å².